The Morgan fingerprint density at radius 2 is 2.06 bits per heavy atom. The number of carbonyl (C=O) groups excluding carboxylic acids is 1. The van der Waals surface area contributed by atoms with Crippen molar-refractivity contribution in [2.45, 2.75) is 19.9 Å². The minimum atomic E-state index is -2.97. The van der Waals surface area contributed by atoms with Crippen LogP contribution in [0.3, 0.4) is 0 Å². The monoisotopic (exact) mass is 249 g/mol. The average Bonchev–Trinajstić information content (AvgIpc) is 2.13. The summed E-state index contributed by atoms with van der Waals surface area (Å²) in [5, 5.41) is 2.99. The number of carbonyl (C=O) groups is 1. The fourth-order valence-electron chi connectivity index (χ4n) is 1.17. The zero-order chi connectivity index (χ0) is 12.8. The standard InChI is InChI=1S/C10H19NO4S/c1-8(10(12)15-3)5-6-11-9(2)7-16(4,13)14/h5,9,11H,6-7H2,1-4H3. The lowest BCUT2D eigenvalue weighted by Gasteiger charge is -2.10. The SMILES string of the molecule is COC(=O)C(C)=CCNC(C)CS(C)(=O)=O. The van der Waals surface area contributed by atoms with Gasteiger partial charge in [-0.05, 0) is 13.8 Å². The molecule has 0 saturated heterocycles. The van der Waals surface area contributed by atoms with Gasteiger partial charge in [0, 0.05) is 24.4 Å². The molecule has 5 nitrogen and oxygen atoms in total. The van der Waals surface area contributed by atoms with Crippen molar-refractivity contribution >= 4 is 15.8 Å². The lowest BCUT2D eigenvalue weighted by atomic mass is 10.3. The average molecular weight is 249 g/mol. The molecular weight excluding hydrogens is 230 g/mol. The Balaban J connectivity index is 4.03. The minimum Gasteiger partial charge on any atom is -0.466 e. The van der Waals surface area contributed by atoms with Crippen LogP contribution in [0.15, 0.2) is 11.6 Å². The van der Waals surface area contributed by atoms with E-state index in [1.165, 1.54) is 13.4 Å². The highest BCUT2D eigenvalue weighted by Gasteiger charge is 2.09. The number of nitrogens with one attached hydrogen (secondary N) is 1. The van der Waals surface area contributed by atoms with E-state index >= 15 is 0 Å². The maximum atomic E-state index is 11.0. The molecule has 0 rings (SSSR count). The Bertz CT molecular complexity index is 359. The highest BCUT2D eigenvalue weighted by molar-refractivity contribution is 7.90. The molecule has 0 aliphatic carbocycles. The van der Waals surface area contributed by atoms with Crippen LogP contribution in [0, 0.1) is 0 Å². The first-order valence-corrected chi connectivity index (χ1v) is 6.98. The molecule has 0 spiro atoms. The highest BCUT2D eigenvalue weighted by Crippen LogP contribution is 1.95. The quantitative estimate of drug-likeness (QED) is 0.535. The number of esters is 1. The lowest BCUT2D eigenvalue weighted by Crippen LogP contribution is -2.32. The molecule has 0 heterocycles. The Morgan fingerprint density at radius 1 is 1.50 bits per heavy atom. The Morgan fingerprint density at radius 3 is 2.50 bits per heavy atom. The predicted octanol–water partition coefficient (Wildman–Crippen LogP) is 0.128. The molecule has 0 aromatic heterocycles. The maximum Gasteiger partial charge on any atom is 0.333 e. The summed E-state index contributed by atoms with van der Waals surface area (Å²) in [6.45, 7) is 3.87. The van der Waals surface area contributed by atoms with Gasteiger partial charge in [-0.25, -0.2) is 13.2 Å². The van der Waals surface area contributed by atoms with Gasteiger partial charge in [0.25, 0.3) is 0 Å². The van der Waals surface area contributed by atoms with Crippen molar-refractivity contribution in [3.8, 4) is 0 Å². The third-order valence-corrected chi connectivity index (χ3v) is 3.04. The van der Waals surface area contributed by atoms with Gasteiger partial charge in [0.05, 0.1) is 12.9 Å². The first-order valence-electron chi connectivity index (χ1n) is 4.92. The van der Waals surface area contributed by atoms with Crippen LogP contribution < -0.4 is 5.32 Å². The summed E-state index contributed by atoms with van der Waals surface area (Å²) in [6, 6.07) is -0.142. The molecule has 0 radical (unpaired) electrons. The molecule has 0 aliphatic rings. The molecule has 1 atom stereocenters. The first kappa shape index (κ1) is 15.1. The maximum absolute atomic E-state index is 11.0. The van der Waals surface area contributed by atoms with Crippen LogP contribution in [0.2, 0.25) is 0 Å². The molecule has 0 aromatic rings. The molecule has 0 amide bonds. The minimum absolute atomic E-state index is 0.0815. The van der Waals surface area contributed by atoms with Crippen LogP contribution in [-0.2, 0) is 19.4 Å². The number of rotatable bonds is 6. The van der Waals surface area contributed by atoms with Crippen molar-refractivity contribution in [2.75, 3.05) is 25.7 Å². The zero-order valence-corrected chi connectivity index (χ0v) is 10.9. The molecule has 94 valence electrons. The van der Waals surface area contributed by atoms with Gasteiger partial charge in [-0.1, -0.05) is 6.08 Å². The third-order valence-electron chi connectivity index (χ3n) is 1.93. The van der Waals surface area contributed by atoms with Gasteiger partial charge >= 0.3 is 5.97 Å². The molecule has 0 aromatic carbocycles. The first-order chi connectivity index (χ1) is 7.26. The van der Waals surface area contributed by atoms with Gasteiger partial charge in [0.15, 0.2) is 0 Å². The van der Waals surface area contributed by atoms with E-state index in [0.717, 1.165) is 0 Å². The summed E-state index contributed by atoms with van der Waals surface area (Å²) in [7, 11) is -1.65. The smallest absolute Gasteiger partial charge is 0.333 e. The molecule has 0 saturated carbocycles. The van der Waals surface area contributed by atoms with Gasteiger partial charge in [0.2, 0.25) is 0 Å². The van der Waals surface area contributed by atoms with Crippen LogP contribution in [-0.4, -0.2) is 46.1 Å². The van der Waals surface area contributed by atoms with E-state index in [1.54, 1.807) is 19.9 Å². The summed E-state index contributed by atoms with van der Waals surface area (Å²) in [6.07, 6.45) is 2.87. The predicted molar refractivity (Wildman–Crippen MR) is 62.9 cm³/mol. The molecular formula is C10H19NO4S. The Hall–Kier alpha value is -0.880. The fraction of sp³-hybridized carbons (Fsp3) is 0.700. The summed E-state index contributed by atoms with van der Waals surface area (Å²) < 4.78 is 26.4. The summed E-state index contributed by atoms with van der Waals surface area (Å²) in [5.41, 5.74) is 0.501. The van der Waals surface area contributed by atoms with Crippen molar-refractivity contribution in [1.29, 1.82) is 0 Å². The molecule has 0 aliphatic heterocycles. The van der Waals surface area contributed by atoms with Crippen LogP contribution in [0.25, 0.3) is 0 Å². The summed E-state index contributed by atoms with van der Waals surface area (Å²) in [4.78, 5) is 11.0. The molecule has 1 unspecified atom stereocenters. The third kappa shape index (κ3) is 7.42. The zero-order valence-electron chi connectivity index (χ0n) is 10.1. The van der Waals surface area contributed by atoms with Crippen molar-refractivity contribution in [1.82, 2.24) is 5.32 Å². The number of hydrogen-bond donors (Lipinski definition) is 1. The van der Waals surface area contributed by atoms with E-state index < -0.39 is 9.84 Å². The largest absolute Gasteiger partial charge is 0.466 e. The van der Waals surface area contributed by atoms with Gasteiger partial charge in [-0.15, -0.1) is 0 Å². The number of methoxy groups -OCH3 is 1. The number of hydrogen-bond acceptors (Lipinski definition) is 5. The van der Waals surface area contributed by atoms with E-state index in [9.17, 15) is 13.2 Å². The summed E-state index contributed by atoms with van der Waals surface area (Å²) >= 11 is 0. The lowest BCUT2D eigenvalue weighted by molar-refractivity contribution is -0.136. The van der Waals surface area contributed by atoms with Crippen molar-refractivity contribution in [3.63, 3.8) is 0 Å². The Labute approximate surface area is 96.8 Å². The van der Waals surface area contributed by atoms with Crippen LogP contribution >= 0.6 is 0 Å². The second kappa shape index (κ2) is 6.65. The molecule has 1 N–H and O–H groups in total. The topological polar surface area (TPSA) is 72.5 Å². The van der Waals surface area contributed by atoms with E-state index in [1.807, 2.05) is 0 Å². The van der Waals surface area contributed by atoms with Crippen LogP contribution in [0.4, 0.5) is 0 Å². The summed E-state index contributed by atoms with van der Waals surface area (Å²) in [5.74, 6) is -0.296. The number of sulfone groups is 1. The van der Waals surface area contributed by atoms with E-state index in [-0.39, 0.29) is 17.8 Å². The normalized spacial score (nSPS) is 14.6. The Kier molecular flexibility index (Phi) is 6.28. The van der Waals surface area contributed by atoms with Gasteiger partial charge in [0.1, 0.15) is 9.84 Å². The second-order valence-corrected chi connectivity index (χ2v) is 5.97. The van der Waals surface area contributed by atoms with Gasteiger partial charge < -0.3 is 10.1 Å². The van der Waals surface area contributed by atoms with Crippen molar-refractivity contribution in [2.24, 2.45) is 0 Å². The number of ether oxygens (including phenoxy) is 1. The van der Waals surface area contributed by atoms with Crippen LogP contribution in [0.1, 0.15) is 13.8 Å². The van der Waals surface area contributed by atoms with E-state index in [4.69, 9.17) is 0 Å². The van der Waals surface area contributed by atoms with E-state index in [2.05, 4.69) is 10.1 Å². The van der Waals surface area contributed by atoms with Gasteiger partial charge in [-0.2, -0.15) is 0 Å². The van der Waals surface area contributed by atoms with Gasteiger partial charge in [-0.3, -0.25) is 0 Å². The van der Waals surface area contributed by atoms with Crippen molar-refractivity contribution < 1.29 is 17.9 Å². The second-order valence-electron chi connectivity index (χ2n) is 3.78. The van der Waals surface area contributed by atoms with E-state index in [0.29, 0.717) is 12.1 Å². The van der Waals surface area contributed by atoms with Crippen LogP contribution in [0.5, 0.6) is 0 Å². The molecule has 6 heteroatoms. The molecule has 16 heavy (non-hydrogen) atoms. The van der Waals surface area contributed by atoms with Crippen molar-refractivity contribution in [3.05, 3.63) is 11.6 Å². The molecule has 0 fully saturated rings. The fourth-order valence-corrected chi connectivity index (χ4v) is 2.20. The molecule has 0 bridgehead atoms. The highest BCUT2D eigenvalue weighted by atomic mass is 32.2.